The number of thioether (sulfide) groups is 1. The SMILES string of the molecule is Cc1ccc(C)c([C@H]2SCC(=O)Nc3c2c(C)nn3-c2ccc(F)cc2)c1. The number of aromatic nitrogens is 2. The van der Waals surface area contributed by atoms with E-state index in [1.807, 2.05) is 6.92 Å². The van der Waals surface area contributed by atoms with Crippen molar-refractivity contribution in [2.24, 2.45) is 0 Å². The first-order valence-corrected chi connectivity index (χ1v) is 9.83. The molecule has 1 aromatic heterocycles. The number of nitrogens with one attached hydrogen (secondary N) is 1. The first-order valence-electron chi connectivity index (χ1n) is 8.78. The molecule has 0 spiro atoms. The van der Waals surface area contributed by atoms with Gasteiger partial charge in [0.2, 0.25) is 5.91 Å². The number of carbonyl (C=O) groups is 1. The highest BCUT2D eigenvalue weighted by Gasteiger charge is 2.31. The Morgan fingerprint density at radius 2 is 1.89 bits per heavy atom. The van der Waals surface area contributed by atoms with Crippen LogP contribution in [0.4, 0.5) is 10.2 Å². The summed E-state index contributed by atoms with van der Waals surface area (Å²) in [6, 6.07) is 12.5. The average Bonchev–Trinajstić information content (AvgIpc) is 2.84. The molecule has 27 heavy (non-hydrogen) atoms. The number of anilines is 1. The van der Waals surface area contributed by atoms with E-state index in [2.05, 4.69) is 42.5 Å². The second kappa shape index (κ2) is 6.85. The molecule has 4 nitrogen and oxygen atoms in total. The zero-order valence-electron chi connectivity index (χ0n) is 15.4. The molecule has 0 saturated heterocycles. The van der Waals surface area contributed by atoms with Gasteiger partial charge in [-0.25, -0.2) is 9.07 Å². The summed E-state index contributed by atoms with van der Waals surface area (Å²) in [6.07, 6.45) is 0. The molecule has 0 unspecified atom stereocenters. The molecule has 1 atom stereocenters. The van der Waals surface area contributed by atoms with Gasteiger partial charge in [-0.2, -0.15) is 5.10 Å². The summed E-state index contributed by atoms with van der Waals surface area (Å²) >= 11 is 1.61. The van der Waals surface area contributed by atoms with Gasteiger partial charge in [0.25, 0.3) is 0 Å². The molecule has 0 radical (unpaired) electrons. The van der Waals surface area contributed by atoms with E-state index in [0.29, 0.717) is 17.3 Å². The molecule has 1 aliphatic heterocycles. The predicted molar refractivity (Wildman–Crippen MR) is 107 cm³/mol. The number of fused-ring (bicyclic) bond motifs is 1. The molecule has 1 aliphatic rings. The monoisotopic (exact) mass is 381 g/mol. The number of carbonyl (C=O) groups excluding carboxylic acids is 1. The van der Waals surface area contributed by atoms with Crippen molar-refractivity contribution in [3.05, 3.63) is 76.2 Å². The van der Waals surface area contributed by atoms with Crippen molar-refractivity contribution in [2.45, 2.75) is 26.0 Å². The minimum Gasteiger partial charge on any atom is -0.310 e. The Morgan fingerprint density at radius 3 is 2.63 bits per heavy atom. The second-order valence-electron chi connectivity index (χ2n) is 6.84. The van der Waals surface area contributed by atoms with Crippen LogP contribution in [0.15, 0.2) is 42.5 Å². The summed E-state index contributed by atoms with van der Waals surface area (Å²) in [5.41, 5.74) is 6.14. The Morgan fingerprint density at radius 1 is 1.15 bits per heavy atom. The molecular formula is C21H20FN3OS. The maximum Gasteiger partial charge on any atom is 0.235 e. The molecule has 0 bridgehead atoms. The number of halogens is 1. The van der Waals surface area contributed by atoms with Gasteiger partial charge in [0.1, 0.15) is 11.6 Å². The van der Waals surface area contributed by atoms with Crippen molar-refractivity contribution in [1.82, 2.24) is 9.78 Å². The Balaban J connectivity index is 1.91. The summed E-state index contributed by atoms with van der Waals surface area (Å²) in [5.74, 6) is 0.675. The highest BCUT2D eigenvalue weighted by Crippen LogP contribution is 2.44. The molecule has 4 rings (SSSR count). The van der Waals surface area contributed by atoms with E-state index in [1.54, 1.807) is 28.6 Å². The normalized spacial score (nSPS) is 16.6. The summed E-state index contributed by atoms with van der Waals surface area (Å²) in [4.78, 5) is 12.4. The van der Waals surface area contributed by atoms with Gasteiger partial charge in [-0.3, -0.25) is 4.79 Å². The molecular weight excluding hydrogens is 361 g/mol. The minimum absolute atomic E-state index is 0.00745. The summed E-state index contributed by atoms with van der Waals surface area (Å²) in [6.45, 7) is 6.12. The number of amides is 1. The topological polar surface area (TPSA) is 46.9 Å². The van der Waals surface area contributed by atoms with Crippen molar-refractivity contribution in [3.63, 3.8) is 0 Å². The van der Waals surface area contributed by atoms with Crippen LogP contribution in [0.2, 0.25) is 0 Å². The van der Waals surface area contributed by atoms with Gasteiger partial charge in [0, 0.05) is 5.56 Å². The van der Waals surface area contributed by atoms with Crippen LogP contribution in [-0.2, 0) is 4.79 Å². The average molecular weight is 381 g/mol. The first kappa shape index (κ1) is 17.8. The van der Waals surface area contributed by atoms with Crippen LogP contribution in [0.3, 0.4) is 0 Å². The highest BCUT2D eigenvalue weighted by atomic mass is 32.2. The standard InChI is InChI=1S/C21H20FN3OS/c1-12-4-5-13(2)17(10-12)20-19-14(3)24-25(16-8-6-15(22)7-9-16)21(19)23-18(26)11-27-20/h4-10,20H,11H2,1-3H3,(H,23,26)/t20-/m1/s1. The molecule has 1 amide bonds. The van der Waals surface area contributed by atoms with E-state index in [0.717, 1.165) is 11.3 Å². The lowest BCUT2D eigenvalue weighted by atomic mass is 9.98. The summed E-state index contributed by atoms with van der Waals surface area (Å²) in [5, 5.41) is 7.68. The molecule has 1 N–H and O–H groups in total. The van der Waals surface area contributed by atoms with Gasteiger partial charge >= 0.3 is 0 Å². The van der Waals surface area contributed by atoms with E-state index in [-0.39, 0.29) is 17.0 Å². The highest BCUT2D eigenvalue weighted by molar-refractivity contribution is 8.00. The van der Waals surface area contributed by atoms with E-state index in [1.165, 1.54) is 28.8 Å². The lowest BCUT2D eigenvalue weighted by Gasteiger charge is -2.18. The minimum atomic E-state index is -0.304. The molecule has 2 heterocycles. The quantitative estimate of drug-likeness (QED) is 0.699. The van der Waals surface area contributed by atoms with Crippen LogP contribution >= 0.6 is 11.8 Å². The van der Waals surface area contributed by atoms with E-state index < -0.39 is 0 Å². The second-order valence-corrected chi connectivity index (χ2v) is 7.93. The fraction of sp³-hybridized carbons (Fsp3) is 0.238. The maximum absolute atomic E-state index is 13.3. The maximum atomic E-state index is 13.3. The number of nitrogens with zero attached hydrogens (tertiary/aromatic N) is 2. The van der Waals surface area contributed by atoms with E-state index in [9.17, 15) is 9.18 Å². The van der Waals surface area contributed by atoms with Crippen LogP contribution in [-0.4, -0.2) is 21.4 Å². The Bertz CT molecular complexity index is 1030. The van der Waals surface area contributed by atoms with Crippen molar-refractivity contribution in [1.29, 1.82) is 0 Å². The molecule has 2 aromatic carbocycles. The van der Waals surface area contributed by atoms with Crippen LogP contribution in [0.1, 0.15) is 33.2 Å². The van der Waals surface area contributed by atoms with Gasteiger partial charge in [0.05, 0.1) is 22.4 Å². The van der Waals surface area contributed by atoms with E-state index in [4.69, 9.17) is 0 Å². The fourth-order valence-corrected chi connectivity index (χ4v) is 4.71. The van der Waals surface area contributed by atoms with Gasteiger partial charge in [-0.05, 0) is 56.2 Å². The number of rotatable bonds is 2. The third-order valence-corrected chi connectivity index (χ3v) is 6.05. The van der Waals surface area contributed by atoms with Gasteiger partial charge in [0.15, 0.2) is 0 Å². The Hall–Kier alpha value is -2.60. The number of hydrogen-bond donors (Lipinski definition) is 1. The predicted octanol–water partition coefficient (Wildman–Crippen LogP) is 4.71. The lowest BCUT2D eigenvalue weighted by Crippen LogP contribution is -2.15. The van der Waals surface area contributed by atoms with Crippen molar-refractivity contribution < 1.29 is 9.18 Å². The third-order valence-electron chi connectivity index (χ3n) is 4.80. The Labute approximate surface area is 161 Å². The zero-order chi connectivity index (χ0) is 19.1. The van der Waals surface area contributed by atoms with Gasteiger partial charge in [-0.15, -0.1) is 11.8 Å². The lowest BCUT2D eigenvalue weighted by molar-refractivity contribution is -0.113. The van der Waals surface area contributed by atoms with Crippen LogP contribution in [0, 0.1) is 26.6 Å². The number of aryl methyl sites for hydroxylation is 3. The molecule has 0 saturated carbocycles. The van der Waals surface area contributed by atoms with Crippen LogP contribution in [0.5, 0.6) is 0 Å². The summed E-state index contributed by atoms with van der Waals surface area (Å²) in [7, 11) is 0. The van der Waals surface area contributed by atoms with Crippen LogP contribution in [0.25, 0.3) is 5.69 Å². The molecule has 6 heteroatoms. The van der Waals surface area contributed by atoms with Crippen molar-refractivity contribution in [2.75, 3.05) is 11.1 Å². The Kier molecular flexibility index (Phi) is 4.52. The van der Waals surface area contributed by atoms with Crippen LogP contribution < -0.4 is 5.32 Å². The smallest absolute Gasteiger partial charge is 0.235 e. The van der Waals surface area contributed by atoms with Gasteiger partial charge < -0.3 is 5.32 Å². The number of benzene rings is 2. The number of hydrogen-bond acceptors (Lipinski definition) is 3. The van der Waals surface area contributed by atoms with Gasteiger partial charge in [-0.1, -0.05) is 23.8 Å². The zero-order valence-corrected chi connectivity index (χ0v) is 16.2. The molecule has 0 aliphatic carbocycles. The summed E-state index contributed by atoms with van der Waals surface area (Å²) < 4.78 is 15.0. The van der Waals surface area contributed by atoms with Crippen molar-refractivity contribution in [3.8, 4) is 5.69 Å². The third kappa shape index (κ3) is 3.25. The van der Waals surface area contributed by atoms with E-state index >= 15 is 0 Å². The molecule has 3 aromatic rings. The molecule has 0 fully saturated rings. The first-order chi connectivity index (χ1) is 12.9. The largest absolute Gasteiger partial charge is 0.310 e. The fourth-order valence-electron chi connectivity index (χ4n) is 3.44. The van der Waals surface area contributed by atoms with Crippen molar-refractivity contribution >= 4 is 23.5 Å². The molecule has 138 valence electrons.